The van der Waals surface area contributed by atoms with E-state index in [4.69, 9.17) is 0 Å². The Labute approximate surface area is 193 Å². The number of hydrogen-bond acceptors (Lipinski definition) is 5. The van der Waals surface area contributed by atoms with Crippen LogP contribution in [0, 0.1) is 5.82 Å². The second-order valence-electron chi connectivity index (χ2n) is 7.61. The van der Waals surface area contributed by atoms with E-state index < -0.39 is 0 Å². The van der Waals surface area contributed by atoms with E-state index in [1.165, 1.54) is 29.6 Å². The van der Waals surface area contributed by atoms with Crippen LogP contribution in [0.2, 0.25) is 0 Å². The lowest BCUT2D eigenvalue weighted by Crippen LogP contribution is -2.31. The van der Waals surface area contributed by atoms with Crippen molar-refractivity contribution in [3.8, 4) is 11.4 Å². The summed E-state index contributed by atoms with van der Waals surface area (Å²) in [5.74, 6) is 0.694. The van der Waals surface area contributed by atoms with Gasteiger partial charge in [0.2, 0.25) is 5.91 Å². The van der Waals surface area contributed by atoms with E-state index in [0.717, 1.165) is 30.0 Å². The molecule has 3 aromatic rings. The van der Waals surface area contributed by atoms with Gasteiger partial charge in [-0.3, -0.25) is 4.79 Å². The minimum absolute atomic E-state index is 0.0278. The lowest BCUT2D eigenvalue weighted by atomic mass is 10.1. The molecule has 3 rings (SSSR count). The van der Waals surface area contributed by atoms with Crippen molar-refractivity contribution in [2.24, 2.45) is 7.05 Å². The van der Waals surface area contributed by atoms with Crippen LogP contribution in [0.5, 0.6) is 0 Å². The van der Waals surface area contributed by atoms with Crippen molar-refractivity contribution in [1.29, 1.82) is 0 Å². The number of thioether (sulfide) groups is 1. The third-order valence-electron chi connectivity index (χ3n) is 5.74. The molecule has 1 aromatic heterocycles. The number of hydrogen-bond donors (Lipinski definition) is 0. The summed E-state index contributed by atoms with van der Waals surface area (Å²) in [6, 6.07) is 14.4. The fourth-order valence-electron chi connectivity index (χ4n) is 3.51. The number of nitrogens with zero attached hydrogens (tertiary/aromatic N) is 5. The Morgan fingerprint density at radius 3 is 2.28 bits per heavy atom. The normalized spacial score (nSPS) is 11.9. The Kier molecular flexibility index (Phi) is 7.90. The summed E-state index contributed by atoms with van der Waals surface area (Å²) in [6.07, 6.45) is 0. The predicted octanol–water partition coefficient (Wildman–Crippen LogP) is 4.78. The zero-order chi connectivity index (χ0) is 23.3. The molecule has 0 radical (unpaired) electrons. The van der Waals surface area contributed by atoms with Gasteiger partial charge >= 0.3 is 0 Å². The molecule has 1 amide bonds. The largest absolute Gasteiger partial charge is 0.372 e. The van der Waals surface area contributed by atoms with Crippen molar-refractivity contribution in [3.63, 3.8) is 0 Å². The van der Waals surface area contributed by atoms with Crippen molar-refractivity contribution >= 4 is 23.4 Å². The smallest absolute Gasteiger partial charge is 0.233 e. The van der Waals surface area contributed by atoms with Crippen LogP contribution in [0.15, 0.2) is 53.7 Å². The van der Waals surface area contributed by atoms with Gasteiger partial charge in [-0.15, -0.1) is 10.2 Å². The van der Waals surface area contributed by atoms with Crippen LogP contribution in [0.4, 0.5) is 10.1 Å². The topological polar surface area (TPSA) is 54.3 Å². The maximum Gasteiger partial charge on any atom is 0.233 e. The first-order valence-corrected chi connectivity index (χ1v) is 11.7. The molecule has 170 valence electrons. The van der Waals surface area contributed by atoms with Gasteiger partial charge in [0.15, 0.2) is 11.0 Å². The van der Waals surface area contributed by atoms with Gasteiger partial charge in [0, 0.05) is 38.4 Å². The molecule has 8 heteroatoms. The number of benzene rings is 2. The van der Waals surface area contributed by atoms with Gasteiger partial charge in [-0.25, -0.2) is 4.39 Å². The molecule has 0 aliphatic carbocycles. The summed E-state index contributed by atoms with van der Waals surface area (Å²) in [5, 5.41) is 9.30. The molecule has 1 heterocycles. The first-order chi connectivity index (χ1) is 15.3. The van der Waals surface area contributed by atoms with Crippen LogP contribution in [0.3, 0.4) is 0 Å². The quantitative estimate of drug-likeness (QED) is 0.435. The molecule has 0 saturated heterocycles. The van der Waals surface area contributed by atoms with E-state index in [1.807, 2.05) is 18.5 Å². The van der Waals surface area contributed by atoms with Gasteiger partial charge < -0.3 is 14.4 Å². The van der Waals surface area contributed by atoms with Gasteiger partial charge in [-0.2, -0.15) is 0 Å². The molecule has 0 fully saturated rings. The third-order valence-corrected chi connectivity index (χ3v) is 6.75. The van der Waals surface area contributed by atoms with Crippen molar-refractivity contribution < 1.29 is 9.18 Å². The first-order valence-electron chi connectivity index (χ1n) is 10.7. The second-order valence-corrected chi connectivity index (χ2v) is 8.55. The van der Waals surface area contributed by atoms with Crippen molar-refractivity contribution in [2.75, 3.05) is 30.8 Å². The number of aromatic nitrogens is 3. The lowest BCUT2D eigenvalue weighted by molar-refractivity contribution is -0.128. The van der Waals surface area contributed by atoms with E-state index in [2.05, 4.69) is 53.2 Å². The summed E-state index contributed by atoms with van der Waals surface area (Å²) >= 11 is 1.36. The molecule has 1 unspecified atom stereocenters. The monoisotopic (exact) mass is 455 g/mol. The predicted molar refractivity (Wildman–Crippen MR) is 128 cm³/mol. The van der Waals surface area contributed by atoms with Gasteiger partial charge in [0.05, 0.1) is 11.8 Å². The Hall–Kier alpha value is -2.87. The highest BCUT2D eigenvalue weighted by Crippen LogP contribution is 2.26. The van der Waals surface area contributed by atoms with Crippen LogP contribution in [-0.2, 0) is 11.8 Å². The van der Waals surface area contributed by atoms with Crippen molar-refractivity contribution in [3.05, 3.63) is 59.9 Å². The highest BCUT2D eigenvalue weighted by Gasteiger charge is 2.19. The number of halogens is 1. The standard InChI is InChI=1S/C24H30FN5OS/c1-6-30(7-2)21-14-10-19(11-15-21)23-26-27-24(29(23)5)32-16-22(31)28(4)17(3)18-8-12-20(25)13-9-18/h8-15,17H,6-7,16H2,1-5H3. The molecular weight excluding hydrogens is 425 g/mol. The zero-order valence-electron chi connectivity index (χ0n) is 19.2. The van der Waals surface area contributed by atoms with E-state index >= 15 is 0 Å². The molecule has 0 aliphatic heterocycles. The van der Waals surface area contributed by atoms with E-state index in [-0.39, 0.29) is 23.5 Å². The molecule has 0 spiro atoms. The second kappa shape index (κ2) is 10.6. The summed E-state index contributed by atoms with van der Waals surface area (Å²) in [5.41, 5.74) is 3.05. The van der Waals surface area contributed by atoms with E-state index in [1.54, 1.807) is 24.1 Å². The van der Waals surface area contributed by atoms with Crippen molar-refractivity contribution in [2.45, 2.75) is 32.0 Å². The Morgan fingerprint density at radius 2 is 1.69 bits per heavy atom. The van der Waals surface area contributed by atoms with Gasteiger partial charge in [-0.1, -0.05) is 23.9 Å². The van der Waals surface area contributed by atoms with Crippen molar-refractivity contribution in [1.82, 2.24) is 19.7 Å². The highest BCUT2D eigenvalue weighted by molar-refractivity contribution is 7.99. The fourth-order valence-corrected chi connectivity index (χ4v) is 4.35. The number of amides is 1. The van der Waals surface area contributed by atoms with E-state index in [0.29, 0.717) is 5.16 Å². The zero-order valence-corrected chi connectivity index (χ0v) is 20.1. The van der Waals surface area contributed by atoms with Crippen LogP contribution in [0.25, 0.3) is 11.4 Å². The molecule has 2 aromatic carbocycles. The summed E-state index contributed by atoms with van der Waals surface area (Å²) in [7, 11) is 3.67. The minimum Gasteiger partial charge on any atom is -0.372 e. The molecule has 0 aliphatic rings. The summed E-state index contributed by atoms with van der Waals surface area (Å²) in [6.45, 7) is 8.13. The number of anilines is 1. The Balaban J connectivity index is 1.64. The van der Waals surface area contributed by atoms with Crippen LogP contribution < -0.4 is 4.90 Å². The lowest BCUT2D eigenvalue weighted by Gasteiger charge is -2.25. The number of carbonyl (C=O) groups excluding carboxylic acids is 1. The molecule has 6 nitrogen and oxygen atoms in total. The maximum atomic E-state index is 13.2. The molecule has 0 N–H and O–H groups in total. The highest BCUT2D eigenvalue weighted by atomic mass is 32.2. The Morgan fingerprint density at radius 1 is 1.06 bits per heavy atom. The Bertz CT molecular complexity index is 1030. The SMILES string of the molecule is CCN(CC)c1ccc(-c2nnc(SCC(=O)N(C)C(C)c3ccc(F)cc3)n2C)cc1. The maximum absolute atomic E-state index is 13.2. The average Bonchev–Trinajstić information content (AvgIpc) is 3.18. The van der Waals surface area contributed by atoms with E-state index in [9.17, 15) is 9.18 Å². The number of rotatable bonds is 9. The van der Waals surface area contributed by atoms with Gasteiger partial charge in [0.1, 0.15) is 5.82 Å². The molecule has 0 saturated carbocycles. The molecule has 1 atom stereocenters. The van der Waals surface area contributed by atoms with Crippen LogP contribution in [-0.4, -0.2) is 51.5 Å². The molecule has 0 bridgehead atoms. The molecule has 32 heavy (non-hydrogen) atoms. The van der Waals surface area contributed by atoms with Crippen LogP contribution in [0.1, 0.15) is 32.4 Å². The number of carbonyl (C=O) groups is 1. The third kappa shape index (κ3) is 5.30. The summed E-state index contributed by atoms with van der Waals surface area (Å²) < 4.78 is 15.1. The first kappa shape index (κ1) is 23.8. The van der Waals surface area contributed by atoms with Crippen LogP contribution >= 0.6 is 11.8 Å². The fraction of sp³-hybridized carbons (Fsp3) is 0.375. The minimum atomic E-state index is -0.286. The average molecular weight is 456 g/mol. The molecular formula is C24H30FN5OS. The van der Waals surface area contributed by atoms with Gasteiger partial charge in [0.25, 0.3) is 0 Å². The summed E-state index contributed by atoms with van der Waals surface area (Å²) in [4.78, 5) is 16.7. The van der Waals surface area contributed by atoms with Gasteiger partial charge in [-0.05, 0) is 62.7 Å².